The maximum atomic E-state index is 13.2. The van der Waals surface area contributed by atoms with Gasteiger partial charge in [0.05, 0.1) is 18.2 Å². The van der Waals surface area contributed by atoms with E-state index in [2.05, 4.69) is 10.2 Å². The van der Waals surface area contributed by atoms with Crippen LogP contribution in [0.1, 0.15) is 66.6 Å². The van der Waals surface area contributed by atoms with E-state index >= 15 is 0 Å². The van der Waals surface area contributed by atoms with Crippen LogP contribution in [0.2, 0.25) is 0 Å². The largest absolute Gasteiger partial charge is 0.489 e. The number of fused-ring (bicyclic) bond motifs is 3. The Morgan fingerprint density at radius 2 is 1.62 bits per heavy atom. The molecule has 0 unspecified atom stereocenters. The van der Waals surface area contributed by atoms with Crippen LogP contribution < -0.4 is 10.1 Å². The normalized spacial score (nSPS) is 18.4. The van der Waals surface area contributed by atoms with E-state index < -0.39 is 18.1 Å². The SMILES string of the molecule is CN(CCOC(=O)c1ccc(COc2cccc([C@@H](NC(=O)O[C@H]3CN4CCC3CC4)c3ccccc3)c2)cc1)C(=O)c1cccc(C=O)c1. The zero-order valence-electron chi connectivity index (χ0n) is 28.0. The van der Waals surface area contributed by atoms with Crippen molar-refractivity contribution in [3.05, 3.63) is 137 Å². The molecule has 2 amide bonds. The number of alkyl carbamates (subject to hydrolysis) is 1. The summed E-state index contributed by atoms with van der Waals surface area (Å²) in [6.45, 7) is 3.43. The summed E-state index contributed by atoms with van der Waals surface area (Å²) in [5, 5.41) is 3.10. The number of ether oxygens (including phenoxy) is 3. The predicted octanol–water partition coefficient (Wildman–Crippen LogP) is 5.92. The van der Waals surface area contributed by atoms with Gasteiger partial charge in [-0.15, -0.1) is 0 Å². The second-order valence-electron chi connectivity index (χ2n) is 12.7. The molecule has 7 rings (SSSR count). The van der Waals surface area contributed by atoms with Crippen LogP contribution in [0.3, 0.4) is 0 Å². The lowest BCUT2D eigenvalue weighted by Gasteiger charge is -2.43. The highest BCUT2D eigenvalue weighted by Gasteiger charge is 2.37. The van der Waals surface area contributed by atoms with Crippen molar-refractivity contribution < 1.29 is 33.4 Å². The van der Waals surface area contributed by atoms with Crippen LogP contribution in [0, 0.1) is 5.92 Å². The van der Waals surface area contributed by atoms with Gasteiger partial charge in [0.1, 0.15) is 31.4 Å². The van der Waals surface area contributed by atoms with Crippen molar-refractivity contribution in [2.45, 2.75) is 31.6 Å². The number of hydrogen-bond acceptors (Lipinski definition) is 8. The van der Waals surface area contributed by atoms with E-state index in [4.69, 9.17) is 14.2 Å². The van der Waals surface area contributed by atoms with E-state index in [1.54, 1.807) is 49.5 Å². The minimum atomic E-state index is -0.500. The molecule has 10 heteroatoms. The summed E-state index contributed by atoms with van der Waals surface area (Å²) in [4.78, 5) is 53.3. The van der Waals surface area contributed by atoms with Gasteiger partial charge in [0.15, 0.2) is 0 Å². The molecule has 2 bridgehead atoms. The molecule has 1 N–H and O–H groups in total. The van der Waals surface area contributed by atoms with Gasteiger partial charge in [-0.1, -0.05) is 66.7 Å². The lowest BCUT2D eigenvalue weighted by atomic mass is 9.86. The summed E-state index contributed by atoms with van der Waals surface area (Å²) < 4.78 is 17.5. The summed E-state index contributed by atoms with van der Waals surface area (Å²) in [5.74, 6) is 0.284. The number of esters is 1. The van der Waals surface area contributed by atoms with Crippen molar-refractivity contribution >= 4 is 24.3 Å². The minimum Gasteiger partial charge on any atom is -0.489 e. The van der Waals surface area contributed by atoms with Crippen LogP contribution in [0.5, 0.6) is 5.75 Å². The van der Waals surface area contributed by atoms with Gasteiger partial charge in [-0.2, -0.15) is 0 Å². The van der Waals surface area contributed by atoms with Crippen LogP contribution >= 0.6 is 0 Å². The predicted molar refractivity (Wildman–Crippen MR) is 187 cm³/mol. The first-order valence-electron chi connectivity index (χ1n) is 16.9. The molecule has 2 atom stereocenters. The quantitative estimate of drug-likeness (QED) is 0.137. The molecule has 10 nitrogen and oxygen atoms in total. The Morgan fingerprint density at radius 3 is 2.34 bits per heavy atom. The van der Waals surface area contributed by atoms with Crippen molar-refractivity contribution in [1.82, 2.24) is 15.1 Å². The Kier molecular flexibility index (Phi) is 11.2. The van der Waals surface area contributed by atoms with E-state index in [0.29, 0.717) is 34.6 Å². The molecule has 4 aromatic rings. The summed E-state index contributed by atoms with van der Waals surface area (Å²) in [6.07, 6.45) is 2.30. The van der Waals surface area contributed by atoms with Gasteiger partial charge in [0.2, 0.25) is 0 Å². The lowest BCUT2D eigenvalue weighted by Crippen LogP contribution is -2.52. The first-order chi connectivity index (χ1) is 24.4. The molecule has 0 radical (unpaired) electrons. The Hall–Kier alpha value is -5.48. The number of likely N-dealkylation sites (N-methyl/N-ethyl adjacent to an activating group) is 1. The van der Waals surface area contributed by atoms with Crippen molar-refractivity contribution in [3.63, 3.8) is 0 Å². The van der Waals surface area contributed by atoms with Gasteiger partial charge >= 0.3 is 12.1 Å². The number of aldehydes is 1. The van der Waals surface area contributed by atoms with Crippen LogP contribution in [-0.2, 0) is 16.1 Å². The summed E-state index contributed by atoms with van der Waals surface area (Å²) >= 11 is 0. The molecule has 3 heterocycles. The molecule has 0 aromatic heterocycles. The number of benzene rings is 4. The fourth-order valence-electron chi connectivity index (χ4n) is 6.45. The van der Waals surface area contributed by atoms with Crippen molar-refractivity contribution in [1.29, 1.82) is 0 Å². The van der Waals surface area contributed by atoms with E-state index in [9.17, 15) is 19.2 Å². The zero-order chi connectivity index (χ0) is 34.9. The van der Waals surface area contributed by atoms with Gasteiger partial charge in [-0.25, -0.2) is 9.59 Å². The molecule has 3 aliphatic rings. The second-order valence-corrected chi connectivity index (χ2v) is 12.7. The minimum absolute atomic E-state index is 0.0197. The molecule has 0 saturated carbocycles. The number of carbonyl (C=O) groups excluding carboxylic acids is 4. The highest BCUT2D eigenvalue weighted by Crippen LogP contribution is 2.31. The van der Waals surface area contributed by atoms with Crippen LogP contribution in [-0.4, -0.2) is 80.0 Å². The fraction of sp³-hybridized carbons (Fsp3) is 0.300. The maximum Gasteiger partial charge on any atom is 0.408 e. The van der Waals surface area contributed by atoms with Crippen LogP contribution in [0.25, 0.3) is 0 Å². The van der Waals surface area contributed by atoms with Crippen LogP contribution in [0.4, 0.5) is 4.79 Å². The molecule has 3 fully saturated rings. The molecule has 258 valence electrons. The van der Waals surface area contributed by atoms with E-state index in [1.807, 2.05) is 54.6 Å². The summed E-state index contributed by atoms with van der Waals surface area (Å²) in [6, 6.07) is 30.4. The van der Waals surface area contributed by atoms with Crippen molar-refractivity contribution in [2.75, 3.05) is 39.8 Å². The highest BCUT2D eigenvalue weighted by atomic mass is 16.6. The smallest absolute Gasteiger partial charge is 0.408 e. The Labute approximate surface area is 291 Å². The standard InChI is InChI=1S/C40H41N3O7/c1-42(38(45)34-11-5-7-29(23-34)26-44)21-22-48-39(46)32-15-13-28(14-16-32)27-49-35-12-6-10-33(24-35)37(31-8-3-2-4-9-31)41-40(47)50-36-25-43-19-17-30(36)18-20-43/h2-16,23-24,26,30,36-37H,17-22,25,27H2,1H3,(H,41,47)/t36-,37-/m0/s1. The molecule has 0 spiro atoms. The van der Waals surface area contributed by atoms with Gasteiger partial charge < -0.3 is 24.4 Å². The van der Waals surface area contributed by atoms with Crippen molar-refractivity contribution in [2.24, 2.45) is 5.92 Å². The van der Waals surface area contributed by atoms with Gasteiger partial charge in [0.25, 0.3) is 5.91 Å². The number of carbonyl (C=O) groups is 4. The van der Waals surface area contributed by atoms with Gasteiger partial charge in [-0.05, 0) is 84.9 Å². The molecule has 0 aliphatic carbocycles. The Bertz CT molecular complexity index is 1790. The number of hydrogen-bond donors (Lipinski definition) is 1. The lowest BCUT2D eigenvalue weighted by molar-refractivity contribution is -0.0336. The monoisotopic (exact) mass is 675 g/mol. The summed E-state index contributed by atoms with van der Waals surface area (Å²) in [5.41, 5.74) is 3.83. The average Bonchev–Trinajstić information content (AvgIpc) is 3.17. The Morgan fingerprint density at radius 1 is 0.880 bits per heavy atom. The highest BCUT2D eigenvalue weighted by molar-refractivity contribution is 5.95. The number of piperidine rings is 3. The number of amides is 2. The molecular formula is C40H41N3O7. The summed E-state index contributed by atoms with van der Waals surface area (Å²) in [7, 11) is 1.61. The zero-order valence-corrected chi connectivity index (χ0v) is 28.0. The third-order valence-corrected chi connectivity index (χ3v) is 9.31. The number of nitrogens with zero attached hydrogens (tertiary/aromatic N) is 2. The van der Waals surface area contributed by atoms with E-state index in [-0.39, 0.29) is 31.8 Å². The second kappa shape index (κ2) is 16.3. The van der Waals surface area contributed by atoms with Crippen molar-refractivity contribution in [3.8, 4) is 5.75 Å². The fourth-order valence-corrected chi connectivity index (χ4v) is 6.45. The van der Waals surface area contributed by atoms with E-state index in [1.165, 1.54) is 11.0 Å². The van der Waals surface area contributed by atoms with E-state index in [0.717, 1.165) is 49.2 Å². The number of rotatable bonds is 13. The molecule has 3 saturated heterocycles. The molecule has 50 heavy (non-hydrogen) atoms. The topological polar surface area (TPSA) is 114 Å². The Balaban J connectivity index is 1.01. The molecule has 3 aliphatic heterocycles. The van der Waals surface area contributed by atoms with Gasteiger partial charge in [0, 0.05) is 24.7 Å². The molecule has 4 aromatic carbocycles. The van der Waals surface area contributed by atoms with Crippen LogP contribution in [0.15, 0.2) is 103 Å². The average molecular weight is 676 g/mol. The maximum absolute atomic E-state index is 13.2. The molecular weight excluding hydrogens is 634 g/mol. The first kappa shape index (κ1) is 34.4. The third-order valence-electron chi connectivity index (χ3n) is 9.31. The number of nitrogens with one attached hydrogen (secondary N) is 1. The van der Waals surface area contributed by atoms with Gasteiger partial charge in [-0.3, -0.25) is 14.5 Å². The first-order valence-corrected chi connectivity index (χ1v) is 16.9. The third kappa shape index (κ3) is 8.75.